The van der Waals surface area contributed by atoms with Crippen LogP contribution < -0.4 is 5.32 Å². The number of anilines is 1. The summed E-state index contributed by atoms with van der Waals surface area (Å²) in [5, 5.41) is 13.7. The molecule has 0 unspecified atom stereocenters. The molecule has 0 fully saturated rings. The quantitative estimate of drug-likeness (QED) is 0.551. The van der Waals surface area contributed by atoms with E-state index in [0.29, 0.717) is 10.7 Å². The van der Waals surface area contributed by atoms with Gasteiger partial charge in [-0.25, -0.2) is 0 Å². The second kappa shape index (κ2) is 6.37. The molecule has 3 aromatic carbocycles. The summed E-state index contributed by atoms with van der Waals surface area (Å²) in [5.41, 5.74) is 0.813. The second-order valence-corrected chi connectivity index (χ2v) is 6.49. The maximum atomic E-state index is 12.8. The molecule has 2 N–H and O–H groups in total. The number of amides is 1. The van der Waals surface area contributed by atoms with Crippen molar-refractivity contribution >= 4 is 34.8 Å². The smallest absolute Gasteiger partial charge is 0.259 e. The van der Waals surface area contributed by atoms with Gasteiger partial charge in [0.25, 0.3) is 5.91 Å². The summed E-state index contributed by atoms with van der Waals surface area (Å²) in [6, 6.07) is 15.6. The molecule has 1 aliphatic rings. The molecule has 0 saturated heterocycles. The van der Waals surface area contributed by atoms with Gasteiger partial charge in [0, 0.05) is 27.4 Å². The number of fused-ring (bicyclic) bond motifs is 2. The largest absolute Gasteiger partial charge is 0.506 e. The minimum absolute atomic E-state index is 0.0826. The Labute approximate surface area is 159 Å². The lowest BCUT2D eigenvalue weighted by Gasteiger charge is -2.19. The van der Waals surface area contributed by atoms with Crippen molar-refractivity contribution in [1.82, 2.24) is 0 Å². The number of rotatable bonds is 2. The number of benzene rings is 3. The SMILES string of the molecule is O=C(Nc1ccc(Cl)cc1)c1ccc2c(c1O)C(=O)c1ccccc1C2=O. The molecule has 132 valence electrons. The summed E-state index contributed by atoms with van der Waals surface area (Å²) in [5.74, 6) is -1.96. The van der Waals surface area contributed by atoms with Crippen molar-refractivity contribution in [2.75, 3.05) is 5.32 Å². The Kier molecular flexibility index (Phi) is 4.01. The van der Waals surface area contributed by atoms with E-state index in [1.807, 2.05) is 0 Å². The molecular formula is C21H12ClNO4. The molecule has 6 heteroatoms. The number of ketones is 2. The molecule has 0 atom stereocenters. The minimum Gasteiger partial charge on any atom is -0.506 e. The molecule has 0 aromatic heterocycles. The van der Waals surface area contributed by atoms with E-state index in [1.54, 1.807) is 42.5 Å². The van der Waals surface area contributed by atoms with Crippen LogP contribution in [-0.2, 0) is 0 Å². The molecule has 0 bridgehead atoms. The van der Waals surface area contributed by atoms with Crippen molar-refractivity contribution < 1.29 is 19.5 Å². The lowest BCUT2D eigenvalue weighted by atomic mass is 9.82. The van der Waals surface area contributed by atoms with Gasteiger partial charge in [0.2, 0.25) is 0 Å². The van der Waals surface area contributed by atoms with Gasteiger partial charge in [-0.2, -0.15) is 0 Å². The Hall–Kier alpha value is -3.44. The Bertz CT molecular complexity index is 1120. The molecule has 4 rings (SSSR count). The van der Waals surface area contributed by atoms with Crippen LogP contribution in [0.25, 0.3) is 0 Å². The van der Waals surface area contributed by atoms with Crippen LogP contribution in [0, 0.1) is 0 Å². The first-order valence-electron chi connectivity index (χ1n) is 8.08. The minimum atomic E-state index is -0.600. The van der Waals surface area contributed by atoms with E-state index in [9.17, 15) is 19.5 Å². The molecule has 27 heavy (non-hydrogen) atoms. The molecule has 0 spiro atoms. The van der Waals surface area contributed by atoms with Gasteiger partial charge in [0.15, 0.2) is 11.6 Å². The van der Waals surface area contributed by atoms with E-state index in [1.165, 1.54) is 18.2 Å². The standard InChI is InChI=1S/C21H12ClNO4/c22-11-5-7-12(8-6-11)23-21(27)16-10-9-15-17(20(16)26)19(25)14-4-2-1-3-13(14)18(15)24/h1-10,26H,(H,23,27). The Balaban J connectivity index is 1.75. The first-order chi connectivity index (χ1) is 13.0. The number of phenols is 1. The summed E-state index contributed by atoms with van der Waals surface area (Å²) < 4.78 is 0. The zero-order valence-electron chi connectivity index (χ0n) is 13.8. The first-order valence-corrected chi connectivity index (χ1v) is 8.46. The number of carbonyl (C=O) groups excluding carboxylic acids is 3. The molecule has 1 aliphatic carbocycles. The normalized spacial score (nSPS) is 12.3. The van der Waals surface area contributed by atoms with E-state index < -0.39 is 17.4 Å². The van der Waals surface area contributed by atoms with Crippen molar-refractivity contribution in [2.24, 2.45) is 0 Å². The van der Waals surface area contributed by atoms with Crippen molar-refractivity contribution in [2.45, 2.75) is 0 Å². The van der Waals surface area contributed by atoms with Crippen LogP contribution in [0.4, 0.5) is 5.69 Å². The maximum Gasteiger partial charge on any atom is 0.259 e. The lowest BCUT2D eigenvalue weighted by Crippen LogP contribution is -2.22. The number of hydrogen-bond acceptors (Lipinski definition) is 4. The van der Waals surface area contributed by atoms with Crippen LogP contribution in [0.5, 0.6) is 5.75 Å². The van der Waals surface area contributed by atoms with Gasteiger partial charge in [-0.3, -0.25) is 14.4 Å². The molecule has 3 aromatic rings. The van der Waals surface area contributed by atoms with Crippen LogP contribution >= 0.6 is 11.6 Å². The van der Waals surface area contributed by atoms with Crippen molar-refractivity contribution in [1.29, 1.82) is 0 Å². The Morgan fingerprint density at radius 3 is 2.11 bits per heavy atom. The van der Waals surface area contributed by atoms with E-state index in [0.717, 1.165) is 0 Å². The lowest BCUT2D eigenvalue weighted by molar-refractivity contribution is 0.0974. The highest BCUT2D eigenvalue weighted by molar-refractivity contribution is 6.31. The monoisotopic (exact) mass is 377 g/mol. The number of phenolic OH excluding ortho intramolecular Hbond substituents is 1. The topological polar surface area (TPSA) is 83.5 Å². The van der Waals surface area contributed by atoms with Gasteiger partial charge in [0.1, 0.15) is 5.75 Å². The molecule has 5 nitrogen and oxygen atoms in total. The fourth-order valence-electron chi connectivity index (χ4n) is 3.08. The average molecular weight is 378 g/mol. The van der Waals surface area contributed by atoms with Crippen LogP contribution in [0.2, 0.25) is 5.02 Å². The van der Waals surface area contributed by atoms with Gasteiger partial charge in [-0.05, 0) is 36.4 Å². The highest BCUT2D eigenvalue weighted by Gasteiger charge is 2.33. The third kappa shape index (κ3) is 2.78. The zero-order valence-corrected chi connectivity index (χ0v) is 14.6. The summed E-state index contributed by atoms with van der Waals surface area (Å²) in [6.45, 7) is 0. The maximum absolute atomic E-state index is 12.8. The van der Waals surface area contributed by atoms with Gasteiger partial charge in [-0.15, -0.1) is 0 Å². The van der Waals surface area contributed by atoms with E-state index >= 15 is 0 Å². The predicted octanol–water partition coefficient (Wildman–Crippen LogP) is 4.07. The molecule has 0 radical (unpaired) electrons. The van der Waals surface area contributed by atoms with E-state index in [2.05, 4.69) is 5.32 Å². The van der Waals surface area contributed by atoms with Crippen LogP contribution in [0.3, 0.4) is 0 Å². The van der Waals surface area contributed by atoms with E-state index in [4.69, 9.17) is 11.6 Å². The van der Waals surface area contributed by atoms with Crippen LogP contribution in [0.1, 0.15) is 42.2 Å². The summed E-state index contributed by atoms with van der Waals surface area (Å²) in [7, 11) is 0. The van der Waals surface area contributed by atoms with Crippen molar-refractivity contribution in [3.05, 3.63) is 93.5 Å². The Morgan fingerprint density at radius 1 is 0.815 bits per heavy atom. The highest BCUT2D eigenvalue weighted by Crippen LogP contribution is 2.35. The first kappa shape index (κ1) is 17.0. The fraction of sp³-hybridized carbons (Fsp3) is 0. The van der Waals surface area contributed by atoms with E-state index in [-0.39, 0.29) is 33.6 Å². The third-order valence-electron chi connectivity index (χ3n) is 4.41. The summed E-state index contributed by atoms with van der Waals surface area (Å²) in [4.78, 5) is 38.0. The number of nitrogens with one attached hydrogen (secondary N) is 1. The zero-order chi connectivity index (χ0) is 19.1. The van der Waals surface area contributed by atoms with Crippen LogP contribution in [-0.4, -0.2) is 22.6 Å². The molecule has 0 aliphatic heterocycles. The summed E-state index contributed by atoms with van der Waals surface area (Å²) >= 11 is 5.82. The van der Waals surface area contributed by atoms with Crippen LogP contribution in [0.15, 0.2) is 60.7 Å². The molecular weight excluding hydrogens is 366 g/mol. The second-order valence-electron chi connectivity index (χ2n) is 6.05. The average Bonchev–Trinajstić information content (AvgIpc) is 2.67. The molecule has 1 amide bonds. The molecule has 0 heterocycles. The van der Waals surface area contributed by atoms with Gasteiger partial charge in [-0.1, -0.05) is 35.9 Å². The highest BCUT2D eigenvalue weighted by atomic mass is 35.5. The fourth-order valence-corrected chi connectivity index (χ4v) is 3.21. The third-order valence-corrected chi connectivity index (χ3v) is 4.66. The molecule has 0 saturated carbocycles. The van der Waals surface area contributed by atoms with Crippen molar-refractivity contribution in [3.63, 3.8) is 0 Å². The van der Waals surface area contributed by atoms with Gasteiger partial charge < -0.3 is 10.4 Å². The predicted molar refractivity (Wildman–Crippen MR) is 101 cm³/mol. The number of hydrogen-bond donors (Lipinski definition) is 2. The summed E-state index contributed by atoms with van der Waals surface area (Å²) in [6.07, 6.45) is 0. The van der Waals surface area contributed by atoms with Gasteiger partial charge in [0.05, 0.1) is 11.1 Å². The van der Waals surface area contributed by atoms with Gasteiger partial charge >= 0.3 is 0 Å². The van der Waals surface area contributed by atoms with Crippen molar-refractivity contribution in [3.8, 4) is 5.75 Å². The number of aromatic hydroxyl groups is 1. The number of halogens is 1. The Morgan fingerprint density at radius 2 is 1.44 bits per heavy atom. The number of carbonyl (C=O) groups is 3.